The Bertz CT molecular complexity index is 588. The number of nitrogens with zero attached hydrogens (tertiary/aromatic N) is 2. The van der Waals surface area contributed by atoms with Gasteiger partial charge in [0.1, 0.15) is 0 Å². The third kappa shape index (κ3) is 7.23. The quantitative estimate of drug-likeness (QED) is 0.532. The van der Waals surface area contributed by atoms with E-state index < -0.39 is 10.0 Å². The van der Waals surface area contributed by atoms with Crippen LogP contribution in [-0.4, -0.2) is 63.3 Å². The van der Waals surface area contributed by atoms with E-state index in [4.69, 9.17) is 16.7 Å². The minimum absolute atomic E-state index is 0. The molecule has 1 aliphatic rings. The Morgan fingerprint density at radius 2 is 1.64 bits per heavy atom. The molecule has 0 spiro atoms. The summed E-state index contributed by atoms with van der Waals surface area (Å²) in [6.45, 7) is 4.28. The van der Waals surface area contributed by atoms with Crippen LogP contribution in [0.5, 0.6) is 0 Å². The summed E-state index contributed by atoms with van der Waals surface area (Å²) in [6.07, 6.45) is 3.78. The molecule has 0 aliphatic carbocycles. The molecule has 1 aromatic rings. The van der Waals surface area contributed by atoms with Gasteiger partial charge >= 0.3 is 0 Å². The lowest BCUT2D eigenvalue weighted by Gasteiger charge is -2.32. The summed E-state index contributed by atoms with van der Waals surface area (Å²) in [4.78, 5) is 2.63. The van der Waals surface area contributed by atoms with Crippen LogP contribution < -0.4 is 0 Å². The highest BCUT2D eigenvalue weighted by molar-refractivity contribution is 7.89. The van der Waals surface area contributed by atoms with E-state index in [9.17, 15) is 8.42 Å². The largest absolute Gasteiger partial charge is 0.304 e. The van der Waals surface area contributed by atoms with Gasteiger partial charge in [-0.05, 0) is 44.9 Å². The third-order valence-corrected chi connectivity index (χ3v) is 6.40. The highest BCUT2D eigenvalue weighted by Gasteiger charge is 2.28. The van der Waals surface area contributed by atoms with Crippen LogP contribution >= 0.6 is 11.6 Å². The number of hydrogen-bond acceptors (Lipinski definition) is 3. The molecule has 7 heteroatoms. The van der Waals surface area contributed by atoms with Crippen molar-refractivity contribution in [1.29, 1.82) is 0 Å². The summed E-state index contributed by atoms with van der Waals surface area (Å²) in [5, 5.41) is 8.93. The van der Waals surface area contributed by atoms with Crippen molar-refractivity contribution in [2.45, 2.75) is 37.5 Å². The predicted octanol–water partition coefficient (Wildman–Crippen LogP) is 3.01. The van der Waals surface area contributed by atoms with Gasteiger partial charge in [0.2, 0.25) is 10.0 Å². The fourth-order valence-electron chi connectivity index (χ4n) is 2.72. The molecule has 0 amide bonds. The average molecular weight is 390 g/mol. The maximum Gasteiger partial charge on any atom is 0.243 e. The SMILES string of the molecule is CC[O].CN1CCN(S(=O)(=O)c2ccccc2CCCCCCl)CC1. The van der Waals surface area contributed by atoms with Gasteiger partial charge in [0, 0.05) is 32.1 Å². The van der Waals surface area contributed by atoms with Crippen LogP contribution in [-0.2, 0) is 21.6 Å². The first kappa shape index (κ1) is 22.4. The van der Waals surface area contributed by atoms with Gasteiger partial charge in [-0.2, -0.15) is 4.31 Å². The Labute approximate surface area is 157 Å². The molecule has 1 aliphatic heterocycles. The first-order valence-electron chi connectivity index (χ1n) is 8.88. The molecular weight excluding hydrogens is 360 g/mol. The van der Waals surface area contributed by atoms with E-state index in [0.29, 0.717) is 23.9 Å². The Morgan fingerprint density at radius 3 is 2.24 bits per heavy atom. The molecule has 1 fully saturated rings. The number of hydrogen-bond donors (Lipinski definition) is 0. The predicted molar refractivity (Wildman–Crippen MR) is 102 cm³/mol. The summed E-state index contributed by atoms with van der Waals surface area (Å²) >= 11 is 5.69. The highest BCUT2D eigenvalue weighted by atomic mass is 35.5. The van der Waals surface area contributed by atoms with Crippen molar-refractivity contribution in [3.8, 4) is 0 Å². The molecular formula is C18H30ClN2O3S. The second-order valence-electron chi connectivity index (χ2n) is 6.10. The van der Waals surface area contributed by atoms with E-state index >= 15 is 0 Å². The van der Waals surface area contributed by atoms with Crippen molar-refractivity contribution in [2.24, 2.45) is 0 Å². The van der Waals surface area contributed by atoms with Crippen molar-refractivity contribution in [2.75, 3.05) is 45.7 Å². The first-order chi connectivity index (χ1) is 12.0. The summed E-state index contributed by atoms with van der Waals surface area (Å²) in [5.41, 5.74) is 0.927. The molecule has 1 aromatic carbocycles. The Balaban J connectivity index is 0.000000970. The molecule has 0 atom stereocenters. The monoisotopic (exact) mass is 389 g/mol. The molecule has 1 radical (unpaired) electrons. The molecule has 25 heavy (non-hydrogen) atoms. The fraction of sp³-hybridized carbons (Fsp3) is 0.667. The molecule has 5 nitrogen and oxygen atoms in total. The molecule has 0 unspecified atom stereocenters. The molecule has 143 valence electrons. The van der Waals surface area contributed by atoms with Crippen molar-refractivity contribution in [3.63, 3.8) is 0 Å². The zero-order valence-corrected chi connectivity index (χ0v) is 16.9. The maximum absolute atomic E-state index is 12.9. The van der Waals surface area contributed by atoms with Crippen LogP contribution in [0.2, 0.25) is 0 Å². The number of benzene rings is 1. The standard InChI is InChI=1S/C16H25ClN2O2S.C2H5O/c1-18-11-13-19(14-12-18)22(20,21)16-9-5-4-8-15(16)7-3-2-6-10-17;1-2-3/h4-5,8-9H,2-3,6-7,10-14H2,1H3;2H2,1H3. The fourth-order valence-corrected chi connectivity index (χ4v) is 4.58. The van der Waals surface area contributed by atoms with Crippen LogP contribution in [0.3, 0.4) is 0 Å². The molecule has 0 saturated carbocycles. The van der Waals surface area contributed by atoms with Gasteiger partial charge in [-0.3, -0.25) is 0 Å². The highest BCUT2D eigenvalue weighted by Crippen LogP contribution is 2.23. The van der Waals surface area contributed by atoms with E-state index in [0.717, 1.165) is 44.3 Å². The van der Waals surface area contributed by atoms with Gasteiger partial charge in [-0.1, -0.05) is 24.6 Å². The van der Waals surface area contributed by atoms with E-state index in [2.05, 4.69) is 4.90 Å². The summed E-state index contributed by atoms with van der Waals surface area (Å²) in [6, 6.07) is 7.40. The Morgan fingerprint density at radius 1 is 1.04 bits per heavy atom. The maximum atomic E-state index is 12.9. The molecule has 1 saturated heterocycles. The number of likely N-dealkylation sites (N-methyl/N-ethyl adjacent to an activating group) is 1. The zero-order valence-electron chi connectivity index (χ0n) is 15.3. The van der Waals surface area contributed by atoms with E-state index in [1.54, 1.807) is 17.3 Å². The lowest BCUT2D eigenvalue weighted by atomic mass is 10.1. The lowest BCUT2D eigenvalue weighted by molar-refractivity contribution is 0.212. The van der Waals surface area contributed by atoms with E-state index in [-0.39, 0.29) is 6.61 Å². The Hall–Kier alpha value is -0.660. The van der Waals surface area contributed by atoms with Crippen molar-refractivity contribution >= 4 is 21.6 Å². The number of sulfonamides is 1. The molecule has 0 N–H and O–H groups in total. The average Bonchev–Trinajstić information content (AvgIpc) is 2.60. The van der Waals surface area contributed by atoms with Gasteiger partial charge in [-0.15, -0.1) is 11.6 Å². The topological polar surface area (TPSA) is 60.5 Å². The van der Waals surface area contributed by atoms with Crippen LogP contribution in [0.1, 0.15) is 31.7 Å². The van der Waals surface area contributed by atoms with E-state index in [1.165, 1.54) is 0 Å². The molecule has 1 heterocycles. The summed E-state index contributed by atoms with van der Waals surface area (Å²) in [7, 11) is -1.36. The van der Waals surface area contributed by atoms with Gasteiger partial charge in [0.25, 0.3) is 0 Å². The van der Waals surface area contributed by atoms with Crippen molar-refractivity contribution in [1.82, 2.24) is 9.21 Å². The van der Waals surface area contributed by atoms with Gasteiger partial charge in [0.15, 0.2) is 0 Å². The third-order valence-electron chi connectivity index (χ3n) is 4.13. The number of halogens is 1. The number of aryl methyl sites for hydroxylation is 1. The van der Waals surface area contributed by atoms with Gasteiger partial charge < -0.3 is 4.90 Å². The molecule has 2 rings (SSSR count). The lowest BCUT2D eigenvalue weighted by Crippen LogP contribution is -2.47. The molecule has 0 aromatic heterocycles. The smallest absolute Gasteiger partial charge is 0.243 e. The Kier molecular flexibility index (Phi) is 10.6. The van der Waals surface area contributed by atoms with Gasteiger partial charge in [-0.25, -0.2) is 13.5 Å². The van der Waals surface area contributed by atoms with Crippen molar-refractivity contribution in [3.05, 3.63) is 29.8 Å². The summed E-state index contributed by atoms with van der Waals surface area (Å²) < 4.78 is 27.4. The minimum Gasteiger partial charge on any atom is -0.304 e. The first-order valence-corrected chi connectivity index (χ1v) is 10.9. The van der Waals surface area contributed by atoms with Crippen LogP contribution in [0.15, 0.2) is 29.2 Å². The number of rotatable bonds is 7. The summed E-state index contributed by atoms with van der Waals surface area (Å²) in [5.74, 6) is 0.668. The van der Waals surface area contributed by atoms with Crippen molar-refractivity contribution < 1.29 is 13.5 Å². The number of piperazine rings is 1. The minimum atomic E-state index is -3.38. The molecule has 0 bridgehead atoms. The van der Waals surface area contributed by atoms with Crippen LogP contribution in [0.25, 0.3) is 0 Å². The van der Waals surface area contributed by atoms with E-state index in [1.807, 2.05) is 25.2 Å². The normalized spacial score (nSPS) is 16.3. The second-order valence-corrected chi connectivity index (χ2v) is 8.39. The van der Waals surface area contributed by atoms with Crippen LogP contribution in [0.4, 0.5) is 0 Å². The number of unbranched alkanes of at least 4 members (excludes halogenated alkanes) is 2. The van der Waals surface area contributed by atoms with Crippen LogP contribution in [0, 0.1) is 0 Å². The van der Waals surface area contributed by atoms with Gasteiger partial charge in [0.05, 0.1) is 11.5 Å². The second kappa shape index (κ2) is 11.9. The zero-order chi connectivity index (χ0) is 18.7. The number of alkyl halides is 1.